The Balaban J connectivity index is 2.46. The number of benzene rings is 2. The van der Waals surface area contributed by atoms with Gasteiger partial charge in [0.15, 0.2) is 11.5 Å². The first-order valence-electron chi connectivity index (χ1n) is 7.28. The Bertz CT molecular complexity index is 729. The molecule has 0 aliphatic rings. The maximum Gasteiger partial charge on any atom is 0.160 e. The Kier molecular flexibility index (Phi) is 5.61. The van der Waals surface area contributed by atoms with Crippen LogP contribution in [0, 0.1) is 22.7 Å². The van der Waals surface area contributed by atoms with Crippen LogP contribution in [0.15, 0.2) is 48.5 Å². The minimum absolute atomic E-state index is 0.229. The van der Waals surface area contributed by atoms with E-state index in [9.17, 15) is 10.5 Å². The molecule has 23 heavy (non-hydrogen) atoms. The van der Waals surface area contributed by atoms with Crippen molar-refractivity contribution in [2.24, 2.45) is 0 Å². The average molecular weight is 306 g/mol. The monoisotopic (exact) mass is 306 g/mol. The molecule has 2 aromatic carbocycles. The summed E-state index contributed by atoms with van der Waals surface area (Å²) in [7, 11) is 3.15. The molecule has 0 spiro atoms. The normalized spacial score (nSPS) is 12.5. The highest BCUT2D eigenvalue weighted by atomic mass is 16.5. The highest BCUT2D eigenvalue weighted by molar-refractivity contribution is 5.45. The van der Waals surface area contributed by atoms with Crippen LogP contribution in [-0.4, -0.2) is 14.2 Å². The van der Waals surface area contributed by atoms with Gasteiger partial charge in [0, 0.05) is 12.3 Å². The van der Waals surface area contributed by atoms with Crippen molar-refractivity contribution in [2.45, 2.75) is 18.3 Å². The van der Waals surface area contributed by atoms with Crippen molar-refractivity contribution in [2.75, 3.05) is 14.2 Å². The number of methoxy groups -OCH3 is 2. The molecule has 0 saturated heterocycles. The van der Waals surface area contributed by atoms with Crippen molar-refractivity contribution in [3.8, 4) is 23.6 Å². The molecule has 4 nitrogen and oxygen atoms in total. The van der Waals surface area contributed by atoms with E-state index in [1.165, 1.54) is 0 Å². The lowest BCUT2D eigenvalue weighted by atomic mass is 9.80. The molecule has 2 atom stereocenters. The van der Waals surface area contributed by atoms with Gasteiger partial charge in [0.2, 0.25) is 0 Å². The van der Waals surface area contributed by atoms with Gasteiger partial charge in [-0.1, -0.05) is 36.4 Å². The summed E-state index contributed by atoms with van der Waals surface area (Å²) in [6, 6.07) is 19.6. The van der Waals surface area contributed by atoms with Crippen LogP contribution in [0.4, 0.5) is 0 Å². The van der Waals surface area contributed by atoms with Crippen LogP contribution in [-0.2, 0) is 0 Å². The van der Waals surface area contributed by atoms with Crippen molar-refractivity contribution in [3.63, 3.8) is 0 Å². The van der Waals surface area contributed by atoms with Crippen LogP contribution < -0.4 is 9.47 Å². The van der Waals surface area contributed by atoms with Gasteiger partial charge in [0.1, 0.15) is 0 Å². The molecule has 2 aromatic rings. The molecule has 0 heterocycles. The fourth-order valence-corrected chi connectivity index (χ4v) is 2.67. The molecule has 4 heteroatoms. The highest BCUT2D eigenvalue weighted by Crippen LogP contribution is 2.38. The van der Waals surface area contributed by atoms with E-state index in [-0.39, 0.29) is 12.3 Å². The van der Waals surface area contributed by atoms with Gasteiger partial charge in [0.05, 0.1) is 32.3 Å². The van der Waals surface area contributed by atoms with Gasteiger partial charge in [-0.05, 0) is 23.3 Å². The Morgan fingerprint density at radius 2 is 1.61 bits per heavy atom. The molecule has 0 N–H and O–H groups in total. The Morgan fingerprint density at radius 1 is 0.913 bits per heavy atom. The largest absolute Gasteiger partial charge is 0.493 e. The minimum atomic E-state index is -0.394. The lowest BCUT2D eigenvalue weighted by Gasteiger charge is -2.21. The van der Waals surface area contributed by atoms with E-state index < -0.39 is 5.92 Å². The third-order valence-electron chi connectivity index (χ3n) is 3.85. The van der Waals surface area contributed by atoms with E-state index in [2.05, 4.69) is 12.1 Å². The topological polar surface area (TPSA) is 66.0 Å². The molecule has 0 aliphatic heterocycles. The van der Waals surface area contributed by atoms with E-state index >= 15 is 0 Å². The smallest absolute Gasteiger partial charge is 0.160 e. The number of hydrogen-bond donors (Lipinski definition) is 0. The second-order valence-corrected chi connectivity index (χ2v) is 5.10. The van der Waals surface area contributed by atoms with Crippen LogP contribution in [0.1, 0.15) is 29.4 Å². The molecule has 0 amide bonds. The van der Waals surface area contributed by atoms with E-state index in [0.717, 1.165) is 11.1 Å². The molecule has 0 radical (unpaired) electrons. The molecule has 116 valence electrons. The predicted molar refractivity (Wildman–Crippen MR) is 87.3 cm³/mol. The summed E-state index contributed by atoms with van der Waals surface area (Å²) < 4.78 is 10.6. The van der Waals surface area contributed by atoms with Crippen LogP contribution in [0.2, 0.25) is 0 Å². The molecule has 2 rings (SSSR count). The number of nitriles is 2. The number of ether oxygens (including phenoxy) is 2. The predicted octanol–water partition coefficient (Wildman–Crippen LogP) is 4.01. The quantitative estimate of drug-likeness (QED) is 0.808. The number of nitrogens with zero attached hydrogens (tertiary/aromatic N) is 2. The fourth-order valence-electron chi connectivity index (χ4n) is 2.67. The second-order valence-electron chi connectivity index (χ2n) is 5.10. The van der Waals surface area contributed by atoms with Gasteiger partial charge in [-0.25, -0.2) is 0 Å². The van der Waals surface area contributed by atoms with Gasteiger partial charge in [0.25, 0.3) is 0 Å². The molecule has 0 unspecified atom stereocenters. The molecule has 0 aromatic heterocycles. The van der Waals surface area contributed by atoms with Crippen LogP contribution >= 0.6 is 0 Å². The number of hydrogen-bond acceptors (Lipinski definition) is 4. The summed E-state index contributed by atoms with van der Waals surface area (Å²) in [4.78, 5) is 0. The molecule has 0 aliphatic carbocycles. The van der Waals surface area contributed by atoms with E-state index in [1.807, 2.05) is 42.5 Å². The summed E-state index contributed by atoms with van der Waals surface area (Å²) in [5, 5.41) is 18.9. The van der Waals surface area contributed by atoms with Gasteiger partial charge >= 0.3 is 0 Å². The lowest BCUT2D eigenvalue weighted by molar-refractivity contribution is 0.354. The third-order valence-corrected chi connectivity index (χ3v) is 3.85. The highest BCUT2D eigenvalue weighted by Gasteiger charge is 2.25. The first-order chi connectivity index (χ1) is 11.2. The minimum Gasteiger partial charge on any atom is -0.493 e. The van der Waals surface area contributed by atoms with Gasteiger partial charge in [-0.2, -0.15) is 10.5 Å². The Morgan fingerprint density at radius 3 is 2.17 bits per heavy atom. The Hall–Kier alpha value is -2.98. The Labute approximate surface area is 136 Å². The zero-order chi connectivity index (χ0) is 16.7. The first kappa shape index (κ1) is 16.4. The first-order valence-corrected chi connectivity index (χ1v) is 7.28. The maximum absolute atomic E-state index is 9.65. The molecule has 0 bridgehead atoms. The summed E-state index contributed by atoms with van der Waals surface area (Å²) in [6.45, 7) is 0. The van der Waals surface area contributed by atoms with Crippen molar-refractivity contribution >= 4 is 0 Å². The fraction of sp³-hybridized carbons (Fsp3) is 0.263. The average Bonchev–Trinajstić information content (AvgIpc) is 2.62. The zero-order valence-electron chi connectivity index (χ0n) is 13.2. The van der Waals surface area contributed by atoms with Gasteiger partial charge in [-0.3, -0.25) is 0 Å². The molecular formula is C19H18N2O2. The summed E-state index contributed by atoms with van der Waals surface area (Å²) in [5.74, 6) is 0.596. The summed E-state index contributed by atoms with van der Waals surface area (Å²) in [5.41, 5.74) is 1.80. The van der Waals surface area contributed by atoms with Crippen LogP contribution in [0.5, 0.6) is 11.5 Å². The number of rotatable bonds is 6. The van der Waals surface area contributed by atoms with Gasteiger partial charge in [-0.15, -0.1) is 0 Å². The molecular weight excluding hydrogens is 288 g/mol. The van der Waals surface area contributed by atoms with Crippen molar-refractivity contribution in [1.29, 1.82) is 10.5 Å². The lowest BCUT2D eigenvalue weighted by Crippen LogP contribution is -2.10. The van der Waals surface area contributed by atoms with Crippen molar-refractivity contribution in [3.05, 3.63) is 59.7 Å². The van der Waals surface area contributed by atoms with Crippen molar-refractivity contribution < 1.29 is 9.47 Å². The van der Waals surface area contributed by atoms with E-state index in [1.54, 1.807) is 20.3 Å². The van der Waals surface area contributed by atoms with Crippen LogP contribution in [0.25, 0.3) is 0 Å². The maximum atomic E-state index is 9.65. The summed E-state index contributed by atoms with van der Waals surface area (Å²) in [6.07, 6.45) is 0.253. The van der Waals surface area contributed by atoms with E-state index in [0.29, 0.717) is 11.5 Å². The van der Waals surface area contributed by atoms with E-state index in [4.69, 9.17) is 9.47 Å². The molecule has 0 fully saturated rings. The van der Waals surface area contributed by atoms with Crippen molar-refractivity contribution in [1.82, 2.24) is 0 Å². The van der Waals surface area contributed by atoms with Crippen LogP contribution in [0.3, 0.4) is 0 Å². The summed E-state index contributed by atoms with van der Waals surface area (Å²) >= 11 is 0. The standard InChI is InChI=1S/C19H18N2O2/c1-22-18-9-8-15(12-19(18)23-2)16(10-11-20)17(13-21)14-6-4-3-5-7-14/h3-9,12,16-17H,10H2,1-2H3/t16-,17+/m1/s1. The zero-order valence-corrected chi connectivity index (χ0v) is 13.2. The third kappa shape index (κ3) is 3.62. The second kappa shape index (κ2) is 7.87. The van der Waals surface area contributed by atoms with Gasteiger partial charge < -0.3 is 9.47 Å². The molecule has 0 saturated carbocycles. The SMILES string of the molecule is COc1ccc([C@@H](CC#N)[C@@H](C#N)c2ccccc2)cc1OC.